The maximum atomic E-state index is 10.4. The van der Waals surface area contributed by atoms with E-state index in [0.29, 0.717) is 12.3 Å². The molecule has 1 heterocycles. The molecule has 1 aliphatic heterocycles. The van der Waals surface area contributed by atoms with Crippen LogP contribution in [0.1, 0.15) is 0 Å². The van der Waals surface area contributed by atoms with Gasteiger partial charge in [-0.1, -0.05) is 48.5 Å². The van der Waals surface area contributed by atoms with E-state index in [2.05, 4.69) is 21.9 Å². The topological polar surface area (TPSA) is 56.2 Å². The number of nitrogens with zero attached hydrogens (tertiary/aromatic N) is 2. The molecule has 2 N–H and O–H groups in total. The molecule has 0 aromatic heterocycles. The van der Waals surface area contributed by atoms with Gasteiger partial charge in [-0.3, -0.25) is 4.90 Å². The van der Waals surface area contributed by atoms with E-state index in [-0.39, 0.29) is 6.61 Å². The molecule has 3 aromatic carbocycles. The van der Waals surface area contributed by atoms with Crippen molar-refractivity contribution >= 4 is 16.5 Å². The van der Waals surface area contributed by atoms with E-state index in [9.17, 15) is 10.2 Å². The van der Waals surface area contributed by atoms with Crippen molar-refractivity contribution in [3.8, 4) is 11.5 Å². The summed E-state index contributed by atoms with van der Waals surface area (Å²) >= 11 is 0. The lowest BCUT2D eigenvalue weighted by Crippen LogP contribution is -2.49. The van der Waals surface area contributed by atoms with E-state index >= 15 is 0 Å². The van der Waals surface area contributed by atoms with Gasteiger partial charge in [-0.15, -0.1) is 0 Å². The molecule has 1 fully saturated rings. The molecule has 0 unspecified atom stereocenters. The van der Waals surface area contributed by atoms with Gasteiger partial charge < -0.3 is 19.8 Å². The monoisotopic (exact) mass is 378 g/mol. The number of piperazine rings is 1. The Morgan fingerprint density at radius 2 is 1.57 bits per heavy atom. The highest BCUT2D eigenvalue weighted by Crippen LogP contribution is 2.27. The number of anilines is 1. The molecule has 0 aliphatic carbocycles. The first-order valence-corrected chi connectivity index (χ1v) is 9.74. The van der Waals surface area contributed by atoms with Gasteiger partial charge in [0.2, 0.25) is 0 Å². The smallest absolute Gasteiger partial charge is 0.138 e. The van der Waals surface area contributed by atoms with Crippen LogP contribution in [0.4, 0.5) is 5.69 Å². The summed E-state index contributed by atoms with van der Waals surface area (Å²) in [5.41, 5.74) is 0.877. The second-order valence-corrected chi connectivity index (χ2v) is 7.22. The van der Waals surface area contributed by atoms with Gasteiger partial charge >= 0.3 is 0 Å². The number of benzene rings is 3. The number of aromatic hydroxyl groups is 1. The van der Waals surface area contributed by atoms with Gasteiger partial charge in [-0.25, -0.2) is 0 Å². The Bertz CT molecular complexity index is 917. The maximum absolute atomic E-state index is 10.4. The van der Waals surface area contributed by atoms with Crippen LogP contribution in [0.5, 0.6) is 11.5 Å². The van der Waals surface area contributed by atoms with E-state index in [4.69, 9.17) is 4.74 Å². The van der Waals surface area contributed by atoms with Gasteiger partial charge in [0.25, 0.3) is 0 Å². The van der Waals surface area contributed by atoms with E-state index in [1.807, 2.05) is 48.5 Å². The van der Waals surface area contributed by atoms with Crippen LogP contribution in [-0.2, 0) is 0 Å². The van der Waals surface area contributed by atoms with Crippen molar-refractivity contribution in [1.29, 1.82) is 0 Å². The predicted molar refractivity (Wildman–Crippen MR) is 112 cm³/mol. The van der Waals surface area contributed by atoms with Crippen LogP contribution in [0.15, 0.2) is 66.7 Å². The summed E-state index contributed by atoms with van der Waals surface area (Å²) in [5.74, 6) is 1.13. The minimum Gasteiger partial charge on any atom is -0.506 e. The highest BCUT2D eigenvalue weighted by Gasteiger charge is 2.21. The first kappa shape index (κ1) is 18.6. The molecule has 1 saturated heterocycles. The van der Waals surface area contributed by atoms with Crippen LogP contribution in [0.3, 0.4) is 0 Å². The van der Waals surface area contributed by atoms with Gasteiger partial charge in [-0.2, -0.15) is 0 Å². The molecule has 0 bridgehead atoms. The zero-order chi connectivity index (χ0) is 19.3. The Labute approximate surface area is 165 Å². The number of aliphatic hydroxyl groups is 1. The van der Waals surface area contributed by atoms with Crippen molar-refractivity contribution in [3.05, 3.63) is 66.7 Å². The largest absolute Gasteiger partial charge is 0.506 e. The molecule has 4 rings (SSSR count). The molecular formula is C23H26N2O3. The fourth-order valence-corrected chi connectivity index (χ4v) is 3.76. The Kier molecular flexibility index (Phi) is 5.65. The third-order valence-corrected chi connectivity index (χ3v) is 5.24. The molecule has 5 heteroatoms. The Balaban J connectivity index is 1.28. The van der Waals surface area contributed by atoms with Crippen LogP contribution in [0.25, 0.3) is 10.8 Å². The highest BCUT2D eigenvalue weighted by atomic mass is 16.5. The lowest BCUT2D eigenvalue weighted by Gasteiger charge is -2.37. The van der Waals surface area contributed by atoms with Gasteiger partial charge in [0.1, 0.15) is 24.2 Å². The van der Waals surface area contributed by atoms with Crippen molar-refractivity contribution in [2.45, 2.75) is 6.10 Å². The number of β-amino-alcohol motifs (C(OH)–C–C–N with tert-alkyl or cyclic N) is 1. The van der Waals surface area contributed by atoms with E-state index in [1.54, 1.807) is 6.07 Å². The number of phenols is 1. The van der Waals surface area contributed by atoms with Gasteiger partial charge in [0.05, 0.1) is 5.69 Å². The molecule has 0 amide bonds. The van der Waals surface area contributed by atoms with E-state index < -0.39 is 6.10 Å². The molecule has 146 valence electrons. The van der Waals surface area contributed by atoms with E-state index in [0.717, 1.165) is 48.4 Å². The van der Waals surface area contributed by atoms with E-state index in [1.165, 1.54) is 0 Å². The lowest BCUT2D eigenvalue weighted by molar-refractivity contribution is 0.0668. The summed E-state index contributed by atoms with van der Waals surface area (Å²) in [4.78, 5) is 4.43. The number of hydrogen-bond donors (Lipinski definition) is 2. The number of aliphatic hydroxyl groups excluding tert-OH is 1. The standard InChI is InChI=1S/C23H26N2O3/c26-19(17-28-23-11-5-7-18-6-1-2-8-20(18)23)16-24-12-14-25(15-13-24)21-9-3-4-10-22(21)27/h1-11,19,26-27H,12-17H2/t19-/m0/s1. The Morgan fingerprint density at radius 3 is 2.39 bits per heavy atom. The first-order valence-electron chi connectivity index (χ1n) is 9.74. The average Bonchev–Trinajstić information content (AvgIpc) is 2.73. The maximum Gasteiger partial charge on any atom is 0.138 e. The minimum absolute atomic E-state index is 0.272. The zero-order valence-electron chi connectivity index (χ0n) is 15.9. The van der Waals surface area contributed by atoms with Crippen molar-refractivity contribution in [1.82, 2.24) is 4.90 Å². The summed E-state index contributed by atoms with van der Waals surface area (Å²) in [6.45, 7) is 4.20. The molecule has 28 heavy (non-hydrogen) atoms. The molecule has 5 nitrogen and oxygen atoms in total. The van der Waals surface area contributed by atoms with Crippen LogP contribution in [0, 0.1) is 0 Å². The number of rotatable bonds is 6. The van der Waals surface area contributed by atoms with Crippen LogP contribution in [0.2, 0.25) is 0 Å². The van der Waals surface area contributed by atoms with Crippen molar-refractivity contribution < 1.29 is 14.9 Å². The third-order valence-electron chi connectivity index (χ3n) is 5.24. The fraction of sp³-hybridized carbons (Fsp3) is 0.304. The highest BCUT2D eigenvalue weighted by molar-refractivity contribution is 5.88. The fourth-order valence-electron chi connectivity index (χ4n) is 3.76. The normalized spacial score (nSPS) is 16.2. The summed E-state index contributed by atoms with van der Waals surface area (Å²) in [5, 5.41) is 22.7. The van der Waals surface area contributed by atoms with Crippen LogP contribution >= 0.6 is 0 Å². The number of ether oxygens (including phenoxy) is 1. The quantitative estimate of drug-likeness (QED) is 0.690. The molecule has 1 atom stereocenters. The Morgan fingerprint density at radius 1 is 0.857 bits per heavy atom. The second-order valence-electron chi connectivity index (χ2n) is 7.22. The number of phenolic OH excluding ortho intramolecular Hbond substituents is 1. The molecule has 0 radical (unpaired) electrons. The van der Waals surface area contributed by atoms with Crippen molar-refractivity contribution in [2.75, 3.05) is 44.2 Å². The summed E-state index contributed by atoms with van der Waals surface area (Å²) in [7, 11) is 0. The number of hydrogen-bond acceptors (Lipinski definition) is 5. The van der Waals surface area contributed by atoms with Crippen molar-refractivity contribution in [2.24, 2.45) is 0 Å². The zero-order valence-corrected chi connectivity index (χ0v) is 15.9. The number of para-hydroxylation sites is 2. The number of fused-ring (bicyclic) bond motifs is 1. The Hall–Kier alpha value is -2.76. The molecule has 0 saturated carbocycles. The third kappa shape index (κ3) is 4.21. The lowest BCUT2D eigenvalue weighted by atomic mass is 10.1. The molecule has 3 aromatic rings. The average molecular weight is 378 g/mol. The van der Waals surface area contributed by atoms with Gasteiger partial charge in [0, 0.05) is 38.1 Å². The first-order chi connectivity index (χ1) is 13.7. The van der Waals surface area contributed by atoms with Gasteiger partial charge in [0.15, 0.2) is 0 Å². The molecule has 0 spiro atoms. The van der Waals surface area contributed by atoms with Gasteiger partial charge in [-0.05, 0) is 23.6 Å². The second kappa shape index (κ2) is 8.50. The van der Waals surface area contributed by atoms with Crippen LogP contribution < -0.4 is 9.64 Å². The predicted octanol–water partition coefficient (Wildman–Crippen LogP) is 3.11. The SMILES string of the molecule is Oc1ccccc1N1CCN(C[C@H](O)COc2cccc3ccccc23)CC1. The summed E-state index contributed by atoms with van der Waals surface area (Å²) in [6.07, 6.45) is -0.546. The minimum atomic E-state index is -0.546. The summed E-state index contributed by atoms with van der Waals surface area (Å²) < 4.78 is 5.91. The van der Waals surface area contributed by atoms with Crippen LogP contribution in [-0.4, -0.2) is 60.5 Å². The molecule has 1 aliphatic rings. The van der Waals surface area contributed by atoms with Crippen molar-refractivity contribution in [3.63, 3.8) is 0 Å². The molecular weight excluding hydrogens is 352 g/mol. The summed E-state index contributed by atoms with van der Waals surface area (Å²) in [6, 6.07) is 21.5.